The fraction of sp³-hybridized carbons (Fsp3) is 0.364. The molecule has 6 nitrogen and oxygen atoms in total. The summed E-state index contributed by atoms with van der Waals surface area (Å²) in [6.45, 7) is 6.45. The SMILES string of the molecule is CC(C)C(=O)N1CCN(c2ccc(NC(=O)COc3ccccc3Cl)cc2Cl)CC1. The van der Waals surface area contributed by atoms with Crippen molar-refractivity contribution in [1.82, 2.24) is 4.90 Å². The summed E-state index contributed by atoms with van der Waals surface area (Å²) in [4.78, 5) is 28.4. The van der Waals surface area contributed by atoms with Crippen LogP contribution >= 0.6 is 23.2 Å². The van der Waals surface area contributed by atoms with E-state index in [1.165, 1.54) is 0 Å². The Morgan fingerprint density at radius 2 is 1.73 bits per heavy atom. The third-order valence-electron chi connectivity index (χ3n) is 4.85. The molecule has 2 aromatic rings. The fourth-order valence-electron chi connectivity index (χ4n) is 3.28. The lowest BCUT2D eigenvalue weighted by molar-refractivity contribution is -0.134. The van der Waals surface area contributed by atoms with Gasteiger partial charge in [0.1, 0.15) is 5.75 Å². The molecule has 160 valence electrons. The van der Waals surface area contributed by atoms with E-state index in [1.807, 2.05) is 24.8 Å². The maximum Gasteiger partial charge on any atom is 0.262 e. The van der Waals surface area contributed by atoms with Crippen LogP contribution in [0.5, 0.6) is 5.75 Å². The number of para-hydroxylation sites is 1. The minimum absolute atomic E-state index is 0.00456. The topological polar surface area (TPSA) is 61.9 Å². The van der Waals surface area contributed by atoms with E-state index in [4.69, 9.17) is 27.9 Å². The lowest BCUT2D eigenvalue weighted by atomic mass is 10.1. The second-order valence-corrected chi connectivity index (χ2v) is 8.21. The molecule has 0 saturated carbocycles. The molecule has 3 rings (SSSR count). The third kappa shape index (κ3) is 5.58. The molecule has 2 amide bonds. The van der Waals surface area contributed by atoms with Gasteiger partial charge < -0.3 is 19.9 Å². The molecule has 1 fully saturated rings. The summed E-state index contributed by atoms with van der Waals surface area (Å²) < 4.78 is 5.45. The molecule has 0 aromatic heterocycles. The predicted molar refractivity (Wildman–Crippen MR) is 121 cm³/mol. The number of amides is 2. The first-order valence-corrected chi connectivity index (χ1v) is 10.6. The smallest absolute Gasteiger partial charge is 0.262 e. The molecule has 0 spiro atoms. The average Bonchev–Trinajstić information content (AvgIpc) is 2.73. The van der Waals surface area contributed by atoms with Gasteiger partial charge in [0, 0.05) is 37.8 Å². The normalized spacial score (nSPS) is 14.0. The maximum atomic E-state index is 12.2. The van der Waals surface area contributed by atoms with Gasteiger partial charge in [0.25, 0.3) is 5.91 Å². The Labute approximate surface area is 186 Å². The van der Waals surface area contributed by atoms with Gasteiger partial charge in [-0.1, -0.05) is 49.2 Å². The molecule has 2 aromatic carbocycles. The molecule has 0 unspecified atom stereocenters. The second-order valence-electron chi connectivity index (χ2n) is 7.40. The standard InChI is InChI=1S/C22H25Cl2N3O3/c1-15(2)22(29)27-11-9-26(10-12-27)19-8-7-16(13-18(19)24)25-21(28)14-30-20-6-4-3-5-17(20)23/h3-8,13,15H,9-12,14H2,1-2H3,(H,25,28). The van der Waals surface area contributed by atoms with E-state index < -0.39 is 0 Å². The van der Waals surface area contributed by atoms with E-state index in [9.17, 15) is 9.59 Å². The molecule has 1 N–H and O–H groups in total. The molecule has 0 atom stereocenters. The van der Waals surface area contributed by atoms with Crippen molar-refractivity contribution in [3.05, 3.63) is 52.5 Å². The minimum atomic E-state index is -0.306. The zero-order chi connectivity index (χ0) is 21.7. The van der Waals surface area contributed by atoms with Crippen molar-refractivity contribution in [3.8, 4) is 5.75 Å². The first-order chi connectivity index (χ1) is 14.3. The van der Waals surface area contributed by atoms with Crippen LogP contribution in [0.4, 0.5) is 11.4 Å². The highest BCUT2D eigenvalue weighted by Gasteiger charge is 2.24. The summed E-state index contributed by atoms with van der Waals surface area (Å²) in [5, 5.41) is 3.77. The van der Waals surface area contributed by atoms with E-state index in [0.717, 1.165) is 18.8 Å². The van der Waals surface area contributed by atoms with E-state index in [1.54, 1.807) is 36.4 Å². The van der Waals surface area contributed by atoms with Crippen LogP contribution in [-0.2, 0) is 9.59 Å². The highest BCUT2D eigenvalue weighted by molar-refractivity contribution is 6.33. The van der Waals surface area contributed by atoms with Crippen LogP contribution in [0.15, 0.2) is 42.5 Å². The summed E-state index contributed by atoms with van der Waals surface area (Å²) in [5.41, 5.74) is 1.48. The van der Waals surface area contributed by atoms with Crippen LogP contribution in [0.1, 0.15) is 13.8 Å². The third-order valence-corrected chi connectivity index (χ3v) is 5.47. The van der Waals surface area contributed by atoms with Crippen LogP contribution in [0.3, 0.4) is 0 Å². The van der Waals surface area contributed by atoms with Crippen LogP contribution in [0, 0.1) is 5.92 Å². The molecular formula is C22H25Cl2N3O3. The number of nitrogens with zero attached hydrogens (tertiary/aromatic N) is 2. The van der Waals surface area contributed by atoms with Crippen molar-refractivity contribution in [2.75, 3.05) is 43.0 Å². The second kappa shape index (κ2) is 10.0. The Kier molecular flexibility index (Phi) is 7.45. The Bertz CT molecular complexity index is 912. The molecule has 0 radical (unpaired) electrons. The Balaban J connectivity index is 1.54. The highest BCUT2D eigenvalue weighted by Crippen LogP contribution is 2.30. The predicted octanol–water partition coefficient (Wildman–Crippen LogP) is 4.32. The first-order valence-electron chi connectivity index (χ1n) is 9.85. The van der Waals surface area contributed by atoms with Crippen molar-refractivity contribution < 1.29 is 14.3 Å². The zero-order valence-corrected chi connectivity index (χ0v) is 18.5. The lowest BCUT2D eigenvalue weighted by Crippen LogP contribution is -2.50. The molecule has 0 bridgehead atoms. The molecule has 30 heavy (non-hydrogen) atoms. The number of piperazine rings is 1. The Morgan fingerprint density at radius 1 is 1.03 bits per heavy atom. The number of carbonyl (C=O) groups is 2. The fourth-order valence-corrected chi connectivity index (χ4v) is 3.77. The highest BCUT2D eigenvalue weighted by atomic mass is 35.5. The van der Waals surface area contributed by atoms with Crippen LogP contribution < -0.4 is 15.0 Å². The minimum Gasteiger partial charge on any atom is -0.482 e. The van der Waals surface area contributed by atoms with E-state index in [2.05, 4.69) is 10.2 Å². The van der Waals surface area contributed by atoms with Crippen molar-refractivity contribution in [2.24, 2.45) is 5.92 Å². The van der Waals surface area contributed by atoms with Crippen molar-refractivity contribution in [3.63, 3.8) is 0 Å². The summed E-state index contributed by atoms with van der Waals surface area (Å²) in [7, 11) is 0. The number of ether oxygens (including phenoxy) is 1. The lowest BCUT2D eigenvalue weighted by Gasteiger charge is -2.37. The summed E-state index contributed by atoms with van der Waals surface area (Å²) in [6.07, 6.45) is 0. The molecule has 1 saturated heterocycles. The first kappa shape index (κ1) is 22.2. The number of carbonyl (C=O) groups excluding carboxylic acids is 2. The van der Waals surface area contributed by atoms with Gasteiger partial charge in [-0.2, -0.15) is 0 Å². The van der Waals surface area contributed by atoms with Gasteiger partial charge in [0.05, 0.1) is 15.7 Å². The monoisotopic (exact) mass is 449 g/mol. The number of hydrogen-bond acceptors (Lipinski definition) is 4. The quantitative estimate of drug-likeness (QED) is 0.713. The van der Waals surface area contributed by atoms with Crippen molar-refractivity contribution in [2.45, 2.75) is 13.8 Å². The largest absolute Gasteiger partial charge is 0.482 e. The van der Waals surface area contributed by atoms with Crippen molar-refractivity contribution in [1.29, 1.82) is 0 Å². The van der Waals surface area contributed by atoms with E-state index in [-0.39, 0.29) is 24.3 Å². The molecule has 1 aliphatic rings. The van der Waals surface area contributed by atoms with Crippen LogP contribution in [0.2, 0.25) is 10.0 Å². The molecule has 1 heterocycles. The molecule has 1 aliphatic heterocycles. The number of hydrogen-bond donors (Lipinski definition) is 1. The molecule has 8 heteroatoms. The number of anilines is 2. The van der Waals surface area contributed by atoms with Gasteiger partial charge >= 0.3 is 0 Å². The maximum absolute atomic E-state index is 12.2. The molecular weight excluding hydrogens is 425 g/mol. The average molecular weight is 450 g/mol. The van der Waals surface area contributed by atoms with Gasteiger partial charge in [-0.3, -0.25) is 9.59 Å². The number of rotatable bonds is 6. The van der Waals surface area contributed by atoms with Crippen molar-refractivity contribution >= 4 is 46.4 Å². The zero-order valence-electron chi connectivity index (χ0n) is 17.0. The van der Waals surface area contributed by atoms with Gasteiger partial charge in [-0.05, 0) is 30.3 Å². The summed E-state index contributed by atoms with van der Waals surface area (Å²) >= 11 is 12.5. The van der Waals surface area contributed by atoms with Gasteiger partial charge in [-0.25, -0.2) is 0 Å². The molecule has 0 aliphatic carbocycles. The van der Waals surface area contributed by atoms with Gasteiger partial charge in [0.15, 0.2) is 6.61 Å². The van der Waals surface area contributed by atoms with Crippen LogP contribution in [-0.4, -0.2) is 49.5 Å². The van der Waals surface area contributed by atoms with E-state index in [0.29, 0.717) is 34.6 Å². The Hall–Kier alpha value is -2.44. The number of nitrogens with one attached hydrogen (secondary N) is 1. The number of benzene rings is 2. The van der Waals surface area contributed by atoms with Crippen LogP contribution in [0.25, 0.3) is 0 Å². The summed E-state index contributed by atoms with van der Waals surface area (Å²) in [6, 6.07) is 12.4. The van der Waals surface area contributed by atoms with E-state index >= 15 is 0 Å². The van der Waals surface area contributed by atoms with Gasteiger partial charge in [0.2, 0.25) is 5.91 Å². The number of halogens is 2. The van der Waals surface area contributed by atoms with Gasteiger partial charge in [-0.15, -0.1) is 0 Å². The Morgan fingerprint density at radius 3 is 2.37 bits per heavy atom. The summed E-state index contributed by atoms with van der Waals surface area (Å²) in [5.74, 6) is 0.333.